The van der Waals surface area contributed by atoms with Gasteiger partial charge in [-0.2, -0.15) is 0 Å². The molecule has 1 fully saturated rings. The second kappa shape index (κ2) is 2.53. The minimum Gasteiger partial charge on any atom is -0.387 e. The summed E-state index contributed by atoms with van der Waals surface area (Å²) in [6.07, 6.45) is -3.09. The highest BCUT2D eigenvalue weighted by molar-refractivity contribution is 5.79. The van der Waals surface area contributed by atoms with Crippen LogP contribution in [0.2, 0.25) is 0 Å². The number of hydrogen-bond donors (Lipinski definition) is 3. The van der Waals surface area contributed by atoms with Crippen molar-refractivity contribution < 1.29 is 19.7 Å². The van der Waals surface area contributed by atoms with Gasteiger partial charge in [-0.05, 0) is 0 Å². The van der Waals surface area contributed by atoms with Gasteiger partial charge in [-0.1, -0.05) is 0 Å². The van der Waals surface area contributed by atoms with E-state index in [0.717, 1.165) is 0 Å². The summed E-state index contributed by atoms with van der Waals surface area (Å²) < 4.78 is 4.62. The van der Waals surface area contributed by atoms with Crippen LogP contribution >= 0.6 is 0 Å². The highest BCUT2D eigenvalue weighted by Gasteiger charge is 2.38. The molecular weight excluding hydrogens is 138 g/mol. The minimum atomic E-state index is -1.51. The van der Waals surface area contributed by atoms with Crippen molar-refractivity contribution in [2.24, 2.45) is 5.73 Å². The molecule has 0 radical (unpaired) electrons. The molecule has 0 bridgehead atoms. The van der Waals surface area contributed by atoms with E-state index in [1.165, 1.54) is 0 Å². The zero-order valence-electron chi connectivity index (χ0n) is 5.23. The molecule has 0 saturated carbocycles. The second-order valence-corrected chi connectivity index (χ2v) is 2.21. The molecule has 58 valence electrons. The van der Waals surface area contributed by atoms with Gasteiger partial charge in [0.15, 0.2) is 6.10 Å². The number of amides is 1. The van der Waals surface area contributed by atoms with Crippen molar-refractivity contribution >= 4 is 5.91 Å². The van der Waals surface area contributed by atoms with Crippen LogP contribution < -0.4 is 5.73 Å². The Kier molecular flexibility index (Phi) is 1.89. The summed E-state index contributed by atoms with van der Waals surface area (Å²) >= 11 is 0. The predicted molar refractivity (Wildman–Crippen MR) is 30.9 cm³/mol. The van der Waals surface area contributed by atoms with E-state index in [1.54, 1.807) is 0 Å². The van der Waals surface area contributed by atoms with E-state index in [1.807, 2.05) is 0 Å². The Morgan fingerprint density at radius 3 is 2.50 bits per heavy atom. The van der Waals surface area contributed by atoms with Crippen molar-refractivity contribution in [1.29, 1.82) is 0 Å². The molecule has 1 rings (SSSR count). The largest absolute Gasteiger partial charge is 0.387 e. The fourth-order valence-corrected chi connectivity index (χ4v) is 0.624. The monoisotopic (exact) mass is 147 g/mol. The fraction of sp³-hybridized carbons (Fsp3) is 0.800. The van der Waals surface area contributed by atoms with Crippen LogP contribution in [0, 0.1) is 0 Å². The Morgan fingerprint density at radius 1 is 1.70 bits per heavy atom. The Balaban J connectivity index is 2.38. The number of primary amides is 1. The number of nitrogens with two attached hydrogens (primary N) is 1. The van der Waals surface area contributed by atoms with Gasteiger partial charge in [-0.3, -0.25) is 4.79 Å². The van der Waals surface area contributed by atoms with E-state index in [0.29, 0.717) is 6.61 Å². The molecule has 5 nitrogen and oxygen atoms in total. The number of aliphatic hydroxyl groups excluding tert-OH is 2. The van der Waals surface area contributed by atoms with Gasteiger partial charge in [-0.15, -0.1) is 0 Å². The van der Waals surface area contributed by atoms with Crippen molar-refractivity contribution in [2.45, 2.75) is 18.3 Å². The molecule has 10 heavy (non-hydrogen) atoms. The zero-order chi connectivity index (χ0) is 7.72. The molecule has 0 aromatic heterocycles. The van der Waals surface area contributed by atoms with Gasteiger partial charge in [0.2, 0.25) is 5.91 Å². The highest BCUT2D eigenvalue weighted by Crippen LogP contribution is 2.16. The summed E-state index contributed by atoms with van der Waals surface area (Å²) in [5.41, 5.74) is 4.70. The highest BCUT2D eigenvalue weighted by atomic mass is 16.6. The lowest BCUT2D eigenvalue weighted by molar-refractivity contribution is -0.132. The normalized spacial score (nSPS) is 29.2. The van der Waals surface area contributed by atoms with Crippen LogP contribution in [0.15, 0.2) is 0 Å². The van der Waals surface area contributed by atoms with E-state index in [4.69, 9.17) is 15.9 Å². The first-order chi connectivity index (χ1) is 4.63. The summed E-state index contributed by atoms with van der Waals surface area (Å²) in [5, 5.41) is 17.8. The van der Waals surface area contributed by atoms with E-state index < -0.39 is 24.2 Å². The van der Waals surface area contributed by atoms with Crippen LogP contribution in [0.25, 0.3) is 0 Å². The number of aliphatic hydroxyl groups is 2. The van der Waals surface area contributed by atoms with Gasteiger partial charge in [0.1, 0.15) is 12.2 Å². The molecule has 5 heteroatoms. The summed E-state index contributed by atoms with van der Waals surface area (Å²) in [5.74, 6) is -0.928. The predicted octanol–water partition coefficient (Wildman–Crippen LogP) is -2.41. The van der Waals surface area contributed by atoms with E-state index in [9.17, 15) is 4.79 Å². The van der Waals surface area contributed by atoms with Crippen molar-refractivity contribution in [3.8, 4) is 0 Å². The lowest BCUT2D eigenvalue weighted by atomic mass is 10.1. The number of carbonyl (C=O) groups excluding carboxylic acids is 1. The van der Waals surface area contributed by atoms with Gasteiger partial charge in [0, 0.05) is 0 Å². The second-order valence-electron chi connectivity index (χ2n) is 2.21. The van der Waals surface area contributed by atoms with Crippen LogP contribution in [0.1, 0.15) is 0 Å². The topological polar surface area (TPSA) is 96.1 Å². The van der Waals surface area contributed by atoms with Crippen molar-refractivity contribution in [2.75, 3.05) is 6.61 Å². The Morgan fingerprint density at radius 2 is 2.20 bits per heavy atom. The van der Waals surface area contributed by atoms with Crippen molar-refractivity contribution in [1.82, 2.24) is 0 Å². The SMILES string of the molecule is NC(=O)C(O)C(O)C1CO1. The molecule has 0 spiro atoms. The number of epoxide rings is 1. The smallest absolute Gasteiger partial charge is 0.249 e. The summed E-state index contributed by atoms with van der Waals surface area (Å²) in [6.45, 7) is 0.380. The third-order valence-corrected chi connectivity index (χ3v) is 1.36. The van der Waals surface area contributed by atoms with E-state index >= 15 is 0 Å². The van der Waals surface area contributed by atoms with E-state index in [-0.39, 0.29) is 0 Å². The Bertz CT molecular complexity index is 145. The molecule has 1 heterocycles. The number of carbonyl (C=O) groups is 1. The van der Waals surface area contributed by atoms with Crippen LogP contribution in [-0.2, 0) is 9.53 Å². The molecular formula is C5H9NO4. The van der Waals surface area contributed by atoms with Crippen molar-refractivity contribution in [3.63, 3.8) is 0 Å². The Hall–Kier alpha value is -0.650. The van der Waals surface area contributed by atoms with Crippen LogP contribution in [0.3, 0.4) is 0 Å². The lowest BCUT2D eigenvalue weighted by Gasteiger charge is -2.10. The standard InChI is InChI=1S/C5H9NO4/c6-5(9)4(8)3(7)2-1-10-2/h2-4,7-8H,1H2,(H2,6,9). The molecule has 1 aliphatic heterocycles. The minimum absolute atomic E-state index is 0.380. The maximum absolute atomic E-state index is 10.2. The summed E-state index contributed by atoms with van der Waals surface area (Å²) in [7, 11) is 0. The maximum Gasteiger partial charge on any atom is 0.249 e. The average molecular weight is 147 g/mol. The third-order valence-electron chi connectivity index (χ3n) is 1.36. The molecule has 0 aromatic rings. The molecule has 4 N–H and O–H groups in total. The molecule has 1 aliphatic rings. The molecule has 1 amide bonds. The maximum atomic E-state index is 10.2. The first-order valence-electron chi connectivity index (χ1n) is 2.90. The third kappa shape index (κ3) is 1.44. The lowest BCUT2D eigenvalue weighted by Crippen LogP contribution is -2.41. The quantitative estimate of drug-likeness (QED) is 0.387. The average Bonchev–Trinajstić information content (AvgIpc) is 2.65. The van der Waals surface area contributed by atoms with Crippen LogP contribution in [0.5, 0.6) is 0 Å². The molecule has 0 aromatic carbocycles. The fourth-order valence-electron chi connectivity index (χ4n) is 0.624. The van der Waals surface area contributed by atoms with Gasteiger partial charge in [0.05, 0.1) is 6.61 Å². The van der Waals surface area contributed by atoms with Gasteiger partial charge < -0.3 is 20.7 Å². The number of ether oxygens (including phenoxy) is 1. The molecule has 1 saturated heterocycles. The molecule has 3 unspecified atom stereocenters. The van der Waals surface area contributed by atoms with Gasteiger partial charge >= 0.3 is 0 Å². The zero-order valence-corrected chi connectivity index (χ0v) is 5.23. The summed E-state index contributed by atoms with van der Waals surface area (Å²) in [6, 6.07) is 0. The van der Waals surface area contributed by atoms with Crippen molar-refractivity contribution in [3.05, 3.63) is 0 Å². The summed E-state index contributed by atoms with van der Waals surface area (Å²) in [4.78, 5) is 10.2. The van der Waals surface area contributed by atoms with E-state index in [2.05, 4.69) is 4.74 Å². The van der Waals surface area contributed by atoms with Crippen LogP contribution in [-0.4, -0.2) is 41.0 Å². The van der Waals surface area contributed by atoms with Gasteiger partial charge in [-0.25, -0.2) is 0 Å². The van der Waals surface area contributed by atoms with Crippen LogP contribution in [0.4, 0.5) is 0 Å². The number of hydrogen-bond acceptors (Lipinski definition) is 4. The molecule has 0 aliphatic carbocycles. The Labute approximate surface area is 57.4 Å². The van der Waals surface area contributed by atoms with Gasteiger partial charge in [0.25, 0.3) is 0 Å². The first kappa shape index (κ1) is 7.46. The molecule has 3 atom stereocenters. The first-order valence-corrected chi connectivity index (χ1v) is 2.90. The number of rotatable bonds is 3.